The summed E-state index contributed by atoms with van der Waals surface area (Å²) in [7, 11) is 4.00. The SMILES string of the molecule is CN(C)c1ncccc1CNc1cc(C2CC2)ncn1. The van der Waals surface area contributed by atoms with E-state index in [4.69, 9.17) is 0 Å². The van der Waals surface area contributed by atoms with Crippen LogP contribution in [0, 0.1) is 0 Å². The van der Waals surface area contributed by atoms with Gasteiger partial charge in [-0.2, -0.15) is 0 Å². The van der Waals surface area contributed by atoms with Crippen LogP contribution in [0.5, 0.6) is 0 Å². The Balaban J connectivity index is 1.71. The molecule has 1 aliphatic carbocycles. The van der Waals surface area contributed by atoms with Gasteiger partial charge < -0.3 is 10.2 Å². The van der Waals surface area contributed by atoms with Crippen molar-refractivity contribution in [2.24, 2.45) is 0 Å². The number of hydrogen-bond donors (Lipinski definition) is 1. The number of aromatic nitrogens is 3. The summed E-state index contributed by atoms with van der Waals surface area (Å²) in [4.78, 5) is 15.0. The van der Waals surface area contributed by atoms with E-state index in [1.165, 1.54) is 12.8 Å². The zero-order valence-corrected chi connectivity index (χ0v) is 11.9. The zero-order valence-electron chi connectivity index (χ0n) is 11.9. The number of rotatable bonds is 5. The Morgan fingerprint density at radius 2 is 2.10 bits per heavy atom. The number of hydrogen-bond acceptors (Lipinski definition) is 5. The van der Waals surface area contributed by atoms with Crippen LogP contribution in [0.2, 0.25) is 0 Å². The van der Waals surface area contributed by atoms with Gasteiger partial charge >= 0.3 is 0 Å². The summed E-state index contributed by atoms with van der Waals surface area (Å²) in [6.45, 7) is 0.711. The second-order valence-corrected chi connectivity index (χ2v) is 5.34. The molecule has 5 heteroatoms. The fourth-order valence-corrected chi connectivity index (χ4v) is 2.23. The molecule has 0 amide bonds. The first-order valence-electron chi connectivity index (χ1n) is 6.91. The minimum atomic E-state index is 0.647. The van der Waals surface area contributed by atoms with Gasteiger partial charge in [0.1, 0.15) is 18.0 Å². The standard InChI is InChI=1S/C15H19N5/c1-20(2)15-12(4-3-7-16-15)9-17-14-8-13(11-5-6-11)18-10-19-14/h3-4,7-8,10-11H,5-6,9H2,1-2H3,(H,17,18,19). The maximum absolute atomic E-state index is 4.40. The molecule has 2 aromatic heterocycles. The first kappa shape index (κ1) is 12.8. The van der Waals surface area contributed by atoms with Crippen molar-refractivity contribution in [3.63, 3.8) is 0 Å². The third kappa shape index (κ3) is 2.87. The second kappa shape index (κ2) is 5.45. The van der Waals surface area contributed by atoms with Crippen LogP contribution in [0.4, 0.5) is 11.6 Å². The van der Waals surface area contributed by atoms with E-state index in [9.17, 15) is 0 Å². The van der Waals surface area contributed by atoms with Crippen LogP contribution in [0.3, 0.4) is 0 Å². The molecule has 0 spiro atoms. The van der Waals surface area contributed by atoms with E-state index < -0.39 is 0 Å². The lowest BCUT2D eigenvalue weighted by atomic mass is 10.2. The molecule has 0 radical (unpaired) electrons. The van der Waals surface area contributed by atoms with E-state index in [0.717, 1.165) is 22.9 Å². The molecule has 0 aliphatic heterocycles. The van der Waals surface area contributed by atoms with Crippen molar-refractivity contribution in [1.29, 1.82) is 0 Å². The zero-order chi connectivity index (χ0) is 13.9. The summed E-state index contributed by atoms with van der Waals surface area (Å²) < 4.78 is 0. The predicted octanol–water partition coefficient (Wildman–Crippen LogP) is 2.43. The highest BCUT2D eigenvalue weighted by Crippen LogP contribution is 2.39. The minimum absolute atomic E-state index is 0.647. The van der Waals surface area contributed by atoms with E-state index in [-0.39, 0.29) is 0 Å². The van der Waals surface area contributed by atoms with E-state index in [0.29, 0.717) is 12.5 Å². The molecule has 5 nitrogen and oxygen atoms in total. The van der Waals surface area contributed by atoms with E-state index in [2.05, 4.69) is 32.4 Å². The molecule has 3 rings (SSSR count). The maximum Gasteiger partial charge on any atom is 0.132 e. The first-order valence-corrected chi connectivity index (χ1v) is 6.91. The predicted molar refractivity (Wildman–Crippen MR) is 79.9 cm³/mol. The van der Waals surface area contributed by atoms with Crippen molar-refractivity contribution >= 4 is 11.6 Å². The van der Waals surface area contributed by atoms with E-state index >= 15 is 0 Å². The van der Waals surface area contributed by atoms with Crippen molar-refractivity contribution in [2.75, 3.05) is 24.3 Å². The lowest BCUT2D eigenvalue weighted by Gasteiger charge is -2.16. The molecule has 1 aliphatic rings. The van der Waals surface area contributed by atoms with Crippen LogP contribution in [-0.4, -0.2) is 29.0 Å². The van der Waals surface area contributed by atoms with Gasteiger partial charge in [0, 0.05) is 50.1 Å². The lowest BCUT2D eigenvalue weighted by Crippen LogP contribution is -2.15. The monoisotopic (exact) mass is 269 g/mol. The summed E-state index contributed by atoms with van der Waals surface area (Å²) in [5, 5.41) is 3.36. The fourth-order valence-electron chi connectivity index (χ4n) is 2.23. The van der Waals surface area contributed by atoms with Gasteiger partial charge in [-0.25, -0.2) is 15.0 Å². The topological polar surface area (TPSA) is 53.9 Å². The van der Waals surface area contributed by atoms with Crippen LogP contribution in [0.1, 0.15) is 30.0 Å². The largest absolute Gasteiger partial charge is 0.366 e. The van der Waals surface area contributed by atoms with Gasteiger partial charge in [0.15, 0.2) is 0 Å². The van der Waals surface area contributed by atoms with Crippen molar-refractivity contribution < 1.29 is 0 Å². The smallest absolute Gasteiger partial charge is 0.132 e. The molecule has 0 aromatic carbocycles. The van der Waals surface area contributed by atoms with Crippen LogP contribution in [0.15, 0.2) is 30.7 Å². The molecular weight excluding hydrogens is 250 g/mol. The van der Waals surface area contributed by atoms with Gasteiger partial charge in [0.05, 0.1) is 0 Å². The van der Waals surface area contributed by atoms with Gasteiger partial charge in [0.25, 0.3) is 0 Å². The highest BCUT2D eigenvalue weighted by molar-refractivity contribution is 5.47. The van der Waals surface area contributed by atoms with Crippen molar-refractivity contribution in [2.45, 2.75) is 25.3 Å². The average Bonchev–Trinajstić information content (AvgIpc) is 3.30. The Hall–Kier alpha value is -2.17. The Bertz CT molecular complexity index is 592. The minimum Gasteiger partial charge on any atom is -0.366 e. The molecule has 0 bridgehead atoms. The van der Waals surface area contributed by atoms with Crippen LogP contribution < -0.4 is 10.2 Å². The van der Waals surface area contributed by atoms with Gasteiger partial charge in [-0.05, 0) is 18.9 Å². The first-order chi connectivity index (χ1) is 9.74. The summed E-state index contributed by atoms with van der Waals surface area (Å²) >= 11 is 0. The van der Waals surface area contributed by atoms with Gasteiger partial charge in [0.2, 0.25) is 0 Å². The van der Waals surface area contributed by atoms with Gasteiger partial charge in [-0.3, -0.25) is 0 Å². The molecule has 2 heterocycles. The Morgan fingerprint density at radius 3 is 2.85 bits per heavy atom. The summed E-state index contributed by atoms with van der Waals surface area (Å²) in [5.74, 6) is 2.52. The van der Waals surface area contributed by atoms with Crippen molar-refractivity contribution in [3.05, 3.63) is 42.0 Å². The molecule has 20 heavy (non-hydrogen) atoms. The van der Waals surface area contributed by atoms with E-state index in [1.807, 2.05) is 31.3 Å². The molecule has 104 valence electrons. The molecule has 1 fully saturated rings. The van der Waals surface area contributed by atoms with Gasteiger partial charge in [-0.1, -0.05) is 6.07 Å². The number of nitrogens with zero attached hydrogens (tertiary/aromatic N) is 4. The molecule has 0 saturated heterocycles. The normalized spacial score (nSPS) is 14.1. The summed E-state index contributed by atoms with van der Waals surface area (Å²) in [5.41, 5.74) is 2.31. The molecule has 1 saturated carbocycles. The van der Waals surface area contributed by atoms with Crippen molar-refractivity contribution in [1.82, 2.24) is 15.0 Å². The highest BCUT2D eigenvalue weighted by atomic mass is 15.1. The number of nitrogens with one attached hydrogen (secondary N) is 1. The molecule has 2 aromatic rings. The van der Waals surface area contributed by atoms with Crippen LogP contribution in [-0.2, 0) is 6.54 Å². The fraction of sp³-hybridized carbons (Fsp3) is 0.400. The average molecular weight is 269 g/mol. The quantitative estimate of drug-likeness (QED) is 0.903. The van der Waals surface area contributed by atoms with Gasteiger partial charge in [-0.15, -0.1) is 0 Å². The van der Waals surface area contributed by atoms with Crippen molar-refractivity contribution in [3.8, 4) is 0 Å². The summed E-state index contributed by atoms with van der Waals surface area (Å²) in [6.07, 6.45) is 5.97. The second-order valence-electron chi connectivity index (χ2n) is 5.34. The summed E-state index contributed by atoms with van der Waals surface area (Å²) in [6, 6.07) is 6.10. The third-order valence-electron chi connectivity index (χ3n) is 3.43. The molecular formula is C15H19N5. The number of pyridine rings is 1. The number of anilines is 2. The Morgan fingerprint density at radius 1 is 1.25 bits per heavy atom. The van der Waals surface area contributed by atoms with Crippen LogP contribution in [0.25, 0.3) is 0 Å². The lowest BCUT2D eigenvalue weighted by molar-refractivity contribution is 0.969. The Labute approximate surface area is 119 Å². The Kier molecular flexibility index (Phi) is 3.50. The van der Waals surface area contributed by atoms with Crippen LogP contribution >= 0.6 is 0 Å². The molecule has 1 N–H and O–H groups in total. The van der Waals surface area contributed by atoms with E-state index in [1.54, 1.807) is 6.33 Å². The molecule has 0 atom stereocenters. The third-order valence-corrected chi connectivity index (χ3v) is 3.43. The molecule has 0 unspecified atom stereocenters. The maximum atomic E-state index is 4.40. The highest BCUT2D eigenvalue weighted by Gasteiger charge is 2.25.